The van der Waals surface area contributed by atoms with Crippen LogP contribution < -0.4 is 10.6 Å². The van der Waals surface area contributed by atoms with Crippen LogP contribution in [0.4, 0.5) is 10.6 Å². The van der Waals surface area contributed by atoms with Gasteiger partial charge < -0.3 is 20.6 Å². The molecular formula is C21H32ClN5O4. The lowest BCUT2D eigenvalue weighted by Gasteiger charge is -2.47. The molecule has 1 aliphatic carbocycles. The minimum atomic E-state index is -1.04. The fourth-order valence-corrected chi connectivity index (χ4v) is 4.26. The number of carbonyl (C=O) groups is 3. The molecule has 0 aliphatic heterocycles. The Labute approximate surface area is 188 Å². The number of nitrogens with zero attached hydrogens (tertiary/aromatic N) is 3. The molecule has 3 atom stereocenters. The van der Waals surface area contributed by atoms with E-state index in [2.05, 4.69) is 20.5 Å². The minimum absolute atomic E-state index is 0.206. The van der Waals surface area contributed by atoms with Crippen molar-refractivity contribution in [3.8, 4) is 0 Å². The summed E-state index contributed by atoms with van der Waals surface area (Å²) in [5.74, 6) is -1.18. The van der Waals surface area contributed by atoms with E-state index in [-0.39, 0.29) is 5.82 Å². The smallest absolute Gasteiger partial charge is 0.408 e. The minimum Gasteiger partial charge on any atom is -0.465 e. The van der Waals surface area contributed by atoms with Crippen molar-refractivity contribution in [1.29, 1.82) is 0 Å². The predicted octanol–water partition coefficient (Wildman–Crippen LogP) is 2.67. The Kier molecular flexibility index (Phi) is 8.25. The molecule has 2 rings (SSSR count). The molecule has 1 aliphatic rings. The molecule has 0 radical (unpaired) electrons. The molecule has 10 heteroatoms. The topological polar surface area (TPSA) is 115 Å². The molecule has 0 spiro atoms. The number of aromatic nitrogens is 1. The Morgan fingerprint density at radius 3 is 2.39 bits per heavy atom. The number of carboxylic acid groups (broad SMARTS) is 1. The van der Waals surface area contributed by atoms with Gasteiger partial charge in [-0.25, -0.2) is 9.78 Å². The third kappa shape index (κ3) is 7.07. The summed E-state index contributed by atoms with van der Waals surface area (Å²) in [6.45, 7) is 6.31. The standard InChI is InChI=1S/C21H32ClN5O4/c1-21(2,3)27(20(30)31)16-10-13(12-26(4)5)6-8-15(16)24-18(28)19(29)25-17-9-7-14(22)11-23-17/h7,9,11,13,15-16H,6,8,10,12H2,1-5H3,(H,24,28)(H,30,31)(H,23,25,29)/t13-,15-,16+/m0/s1. The third-order valence-corrected chi connectivity index (χ3v) is 5.52. The number of amides is 3. The van der Waals surface area contributed by atoms with E-state index < -0.39 is 35.5 Å². The van der Waals surface area contributed by atoms with Crippen molar-refractivity contribution in [3.63, 3.8) is 0 Å². The lowest BCUT2D eigenvalue weighted by atomic mass is 9.80. The second-order valence-corrected chi connectivity index (χ2v) is 9.66. The molecule has 1 fully saturated rings. The zero-order valence-electron chi connectivity index (χ0n) is 18.7. The summed E-state index contributed by atoms with van der Waals surface area (Å²) in [6.07, 6.45) is 2.34. The van der Waals surface area contributed by atoms with Crippen LogP contribution in [0.3, 0.4) is 0 Å². The maximum atomic E-state index is 12.6. The number of hydrogen-bond acceptors (Lipinski definition) is 5. The van der Waals surface area contributed by atoms with Crippen LogP contribution in [0.15, 0.2) is 18.3 Å². The van der Waals surface area contributed by atoms with Gasteiger partial charge in [-0.1, -0.05) is 11.6 Å². The lowest BCUT2D eigenvalue weighted by Crippen LogP contribution is -2.62. The van der Waals surface area contributed by atoms with E-state index in [0.29, 0.717) is 23.8 Å². The molecule has 31 heavy (non-hydrogen) atoms. The van der Waals surface area contributed by atoms with Crippen molar-refractivity contribution < 1.29 is 19.5 Å². The number of hydrogen-bond donors (Lipinski definition) is 3. The summed E-state index contributed by atoms with van der Waals surface area (Å²) in [4.78, 5) is 44.5. The predicted molar refractivity (Wildman–Crippen MR) is 119 cm³/mol. The van der Waals surface area contributed by atoms with Gasteiger partial charge in [-0.15, -0.1) is 0 Å². The van der Waals surface area contributed by atoms with Gasteiger partial charge in [0, 0.05) is 24.3 Å². The molecule has 3 amide bonds. The van der Waals surface area contributed by atoms with Crippen molar-refractivity contribution in [2.75, 3.05) is 26.0 Å². The molecule has 0 unspecified atom stereocenters. The van der Waals surface area contributed by atoms with Crippen LogP contribution in [0.2, 0.25) is 5.02 Å². The van der Waals surface area contributed by atoms with Crippen LogP contribution in [0.5, 0.6) is 0 Å². The van der Waals surface area contributed by atoms with Gasteiger partial charge in [0.05, 0.1) is 11.1 Å². The van der Waals surface area contributed by atoms with Gasteiger partial charge >= 0.3 is 17.9 Å². The van der Waals surface area contributed by atoms with E-state index in [1.807, 2.05) is 34.9 Å². The van der Waals surface area contributed by atoms with Gasteiger partial charge in [0.2, 0.25) is 0 Å². The first-order chi connectivity index (χ1) is 14.4. The van der Waals surface area contributed by atoms with E-state index in [1.165, 1.54) is 17.2 Å². The van der Waals surface area contributed by atoms with Crippen molar-refractivity contribution >= 4 is 35.3 Å². The van der Waals surface area contributed by atoms with Gasteiger partial charge in [0.25, 0.3) is 0 Å². The number of anilines is 1. The summed E-state index contributed by atoms with van der Waals surface area (Å²) in [6, 6.07) is 2.14. The molecule has 0 aromatic carbocycles. The number of rotatable bonds is 5. The SMILES string of the molecule is CN(C)C[C@H]1CC[C@H](NC(=O)C(=O)Nc2ccc(Cl)cn2)[C@H](N(C(=O)O)C(C)(C)C)C1. The highest BCUT2D eigenvalue weighted by Crippen LogP contribution is 2.32. The Morgan fingerprint density at radius 1 is 1.19 bits per heavy atom. The van der Waals surface area contributed by atoms with Gasteiger partial charge in [-0.3, -0.25) is 14.5 Å². The van der Waals surface area contributed by atoms with Crippen molar-refractivity contribution in [1.82, 2.24) is 20.1 Å². The molecule has 172 valence electrons. The highest BCUT2D eigenvalue weighted by atomic mass is 35.5. The first-order valence-electron chi connectivity index (χ1n) is 10.3. The Hall–Kier alpha value is -2.39. The highest BCUT2D eigenvalue weighted by molar-refractivity contribution is 6.39. The molecule has 0 bridgehead atoms. The van der Waals surface area contributed by atoms with Crippen LogP contribution in [0.25, 0.3) is 0 Å². The maximum absolute atomic E-state index is 12.6. The first kappa shape index (κ1) is 24.9. The molecule has 1 saturated carbocycles. The Morgan fingerprint density at radius 2 is 1.87 bits per heavy atom. The summed E-state index contributed by atoms with van der Waals surface area (Å²) in [7, 11) is 3.97. The zero-order chi connectivity index (χ0) is 23.3. The zero-order valence-corrected chi connectivity index (χ0v) is 19.4. The van der Waals surface area contributed by atoms with Crippen molar-refractivity contribution in [2.24, 2.45) is 5.92 Å². The Balaban J connectivity index is 2.16. The molecule has 9 nitrogen and oxygen atoms in total. The molecule has 3 N–H and O–H groups in total. The van der Waals surface area contributed by atoms with E-state index in [1.54, 1.807) is 6.07 Å². The summed E-state index contributed by atoms with van der Waals surface area (Å²) < 4.78 is 0. The van der Waals surface area contributed by atoms with E-state index in [0.717, 1.165) is 13.0 Å². The van der Waals surface area contributed by atoms with Crippen LogP contribution in [0.1, 0.15) is 40.0 Å². The maximum Gasteiger partial charge on any atom is 0.408 e. The van der Waals surface area contributed by atoms with E-state index >= 15 is 0 Å². The highest BCUT2D eigenvalue weighted by Gasteiger charge is 2.42. The number of carbonyl (C=O) groups excluding carboxylic acids is 2. The molecule has 1 aromatic heterocycles. The van der Waals surface area contributed by atoms with Crippen LogP contribution in [0, 0.1) is 5.92 Å². The van der Waals surface area contributed by atoms with Crippen molar-refractivity contribution in [2.45, 2.75) is 57.7 Å². The van der Waals surface area contributed by atoms with E-state index in [4.69, 9.17) is 11.6 Å². The average Bonchev–Trinajstić information content (AvgIpc) is 2.63. The lowest BCUT2D eigenvalue weighted by molar-refractivity contribution is -0.137. The summed E-state index contributed by atoms with van der Waals surface area (Å²) in [5, 5.41) is 15.5. The van der Waals surface area contributed by atoms with Crippen LogP contribution in [-0.2, 0) is 9.59 Å². The van der Waals surface area contributed by atoms with Gasteiger partial charge in [-0.05, 0) is 72.2 Å². The average molecular weight is 454 g/mol. The molecule has 0 saturated heterocycles. The van der Waals surface area contributed by atoms with E-state index in [9.17, 15) is 19.5 Å². The fraction of sp³-hybridized carbons (Fsp3) is 0.619. The first-order valence-corrected chi connectivity index (χ1v) is 10.7. The second kappa shape index (κ2) is 10.3. The largest absolute Gasteiger partial charge is 0.465 e. The van der Waals surface area contributed by atoms with Crippen molar-refractivity contribution in [3.05, 3.63) is 23.4 Å². The normalized spacial score (nSPS) is 21.5. The number of nitrogens with one attached hydrogen (secondary N) is 2. The fourth-order valence-electron chi connectivity index (χ4n) is 4.15. The monoisotopic (exact) mass is 453 g/mol. The molecular weight excluding hydrogens is 422 g/mol. The Bertz CT molecular complexity index is 794. The summed E-state index contributed by atoms with van der Waals surface area (Å²) >= 11 is 5.78. The summed E-state index contributed by atoms with van der Waals surface area (Å²) in [5.41, 5.74) is -0.658. The van der Waals surface area contributed by atoms with Crippen LogP contribution >= 0.6 is 11.6 Å². The second-order valence-electron chi connectivity index (χ2n) is 9.23. The molecule has 1 heterocycles. The van der Waals surface area contributed by atoms with Crippen LogP contribution in [-0.4, -0.2) is 76.1 Å². The number of pyridine rings is 1. The van der Waals surface area contributed by atoms with Gasteiger partial charge in [0.15, 0.2) is 0 Å². The van der Waals surface area contributed by atoms with Gasteiger partial charge in [-0.2, -0.15) is 0 Å². The quantitative estimate of drug-likeness (QED) is 0.590. The number of halogens is 1. The third-order valence-electron chi connectivity index (χ3n) is 5.30. The van der Waals surface area contributed by atoms with Gasteiger partial charge in [0.1, 0.15) is 5.82 Å². The molecule has 1 aromatic rings.